The zero-order valence-corrected chi connectivity index (χ0v) is 23.7. The molecule has 2 aliphatic heterocycles. The average Bonchev–Trinajstić information content (AvgIpc) is 3.52. The van der Waals surface area contributed by atoms with Gasteiger partial charge in [0, 0.05) is 23.0 Å². The number of fused-ring (bicyclic) bond motifs is 2. The number of aryl methyl sites for hydroxylation is 1. The second kappa shape index (κ2) is 10.5. The minimum absolute atomic E-state index is 0.0176. The van der Waals surface area contributed by atoms with Crippen LogP contribution >= 0.6 is 11.8 Å². The minimum atomic E-state index is -1.59. The molecule has 0 spiro atoms. The number of rotatable bonds is 7. The van der Waals surface area contributed by atoms with Gasteiger partial charge in [-0.15, -0.1) is 11.8 Å². The highest BCUT2D eigenvalue weighted by Gasteiger charge is 2.67. The van der Waals surface area contributed by atoms with Gasteiger partial charge in [-0.3, -0.25) is 19.4 Å². The number of amides is 3. The number of likely N-dealkylation sites (tertiary alicyclic amines) is 1. The van der Waals surface area contributed by atoms with Crippen molar-refractivity contribution in [3.05, 3.63) is 94.8 Å². The molecule has 3 aliphatic rings. The summed E-state index contributed by atoms with van der Waals surface area (Å²) in [5.74, 6) is -1.01. The number of nitrogens with zero attached hydrogens (tertiary/aromatic N) is 3. The Morgan fingerprint density at radius 3 is 2.71 bits per heavy atom. The van der Waals surface area contributed by atoms with Crippen molar-refractivity contribution in [1.82, 2.24) is 20.1 Å². The van der Waals surface area contributed by atoms with Gasteiger partial charge in [-0.1, -0.05) is 42.5 Å². The summed E-state index contributed by atoms with van der Waals surface area (Å²) in [5.41, 5.74) is 3.55. The van der Waals surface area contributed by atoms with Crippen LogP contribution in [0.15, 0.2) is 66.9 Å². The molecule has 3 amide bonds. The number of aliphatic hydroxyl groups excluding tert-OH is 1. The quantitative estimate of drug-likeness (QED) is 0.372. The van der Waals surface area contributed by atoms with E-state index in [-0.39, 0.29) is 35.6 Å². The summed E-state index contributed by atoms with van der Waals surface area (Å²) in [6.45, 7) is 3.61. The summed E-state index contributed by atoms with van der Waals surface area (Å²) >= 11 is 1.52. The lowest BCUT2D eigenvalue weighted by atomic mass is 9.89. The number of aromatic hydroxyl groups is 1. The minimum Gasteiger partial charge on any atom is -0.508 e. The van der Waals surface area contributed by atoms with Gasteiger partial charge < -0.3 is 25.3 Å². The third kappa shape index (κ3) is 4.55. The molecule has 1 unspecified atom stereocenters. The molecule has 3 aromatic rings. The van der Waals surface area contributed by atoms with Crippen LogP contribution in [0.5, 0.6) is 5.75 Å². The second-order valence-electron chi connectivity index (χ2n) is 11.0. The third-order valence-corrected chi connectivity index (χ3v) is 10.0. The summed E-state index contributed by atoms with van der Waals surface area (Å²) < 4.78 is 0. The predicted octanol–water partition coefficient (Wildman–Crippen LogP) is 2.95. The topological polar surface area (TPSA) is 123 Å². The van der Waals surface area contributed by atoms with Crippen LogP contribution in [0.4, 0.5) is 0 Å². The molecule has 0 radical (unpaired) electrons. The molecular weight excluding hydrogens is 540 g/mol. The van der Waals surface area contributed by atoms with E-state index in [1.807, 2.05) is 54.3 Å². The van der Waals surface area contributed by atoms with E-state index in [2.05, 4.69) is 10.3 Å². The van der Waals surface area contributed by atoms with Crippen LogP contribution < -0.4 is 5.32 Å². The van der Waals surface area contributed by atoms with Gasteiger partial charge in [0.25, 0.3) is 11.8 Å². The number of carbonyl (C=O) groups excluding carboxylic acids is 3. The molecule has 1 aliphatic carbocycles. The van der Waals surface area contributed by atoms with Crippen molar-refractivity contribution in [2.45, 2.75) is 62.2 Å². The van der Waals surface area contributed by atoms with Gasteiger partial charge in [0.15, 0.2) is 6.10 Å². The van der Waals surface area contributed by atoms with E-state index in [4.69, 9.17) is 0 Å². The second-order valence-corrected chi connectivity index (χ2v) is 12.4. The third-order valence-electron chi connectivity index (χ3n) is 8.60. The van der Waals surface area contributed by atoms with Crippen molar-refractivity contribution in [2.75, 3.05) is 5.88 Å². The normalized spacial score (nSPS) is 24.3. The van der Waals surface area contributed by atoms with E-state index in [1.54, 1.807) is 25.3 Å². The lowest BCUT2D eigenvalue weighted by molar-refractivity contribution is -0.171. The largest absolute Gasteiger partial charge is 0.508 e. The maximum absolute atomic E-state index is 13.8. The fraction of sp³-hybridized carbons (Fsp3) is 0.355. The Morgan fingerprint density at radius 2 is 1.93 bits per heavy atom. The lowest BCUT2D eigenvalue weighted by Gasteiger charge is -2.55. The van der Waals surface area contributed by atoms with Crippen LogP contribution in [0.1, 0.15) is 52.1 Å². The Bertz CT molecular complexity index is 1520. The van der Waals surface area contributed by atoms with Crippen molar-refractivity contribution in [3.63, 3.8) is 0 Å². The zero-order chi connectivity index (χ0) is 28.9. The van der Waals surface area contributed by atoms with Gasteiger partial charge in [0.05, 0.1) is 18.0 Å². The fourth-order valence-corrected chi connectivity index (χ4v) is 7.79. The number of β-lactam (4-membered cyclic amide) rings is 1. The van der Waals surface area contributed by atoms with Crippen molar-refractivity contribution in [2.24, 2.45) is 0 Å². The molecule has 2 saturated heterocycles. The summed E-state index contributed by atoms with van der Waals surface area (Å²) in [6.07, 6.45) is 1.97. The summed E-state index contributed by atoms with van der Waals surface area (Å²) in [7, 11) is 0. The number of phenols is 1. The smallest absolute Gasteiger partial charge is 0.255 e. The highest BCUT2D eigenvalue weighted by molar-refractivity contribution is 8.01. The van der Waals surface area contributed by atoms with E-state index in [1.165, 1.54) is 22.7 Å². The molecule has 10 heteroatoms. The molecule has 5 atom stereocenters. The van der Waals surface area contributed by atoms with Crippen molar-refractivity contribution >= 4 is 29.5 Å². The van der Waals surface area contributed by atoms with Crippen molar-refractivity contribution in [1.29, 1.82) is 0 Å². The first kappa shape index (κ1) is 27.3. The first-order chi connectivity index (χ1) is 19.7. The molecule has 41 heavy (non-hydrogen) atoms. The Labute approximate surface area is 242 Å². The average molecular weight is 573 g/mol. The molecule has 9 nitrogen and oxygen atoms in total. The van der Waals surface area contributed by atoms with Crippen LogP contribution in [0.2, 0.25) is 0 Å². The standard InChI is InChI=1S/C31H32N4O5S/c1-18-20(10-6-12-25(18)36)28(38)33-23(16-19-8-4-3-5-9-19)26(37)29(39)34-17-41-31(2)27(34)30(40)35(31)24-14-13-22-21(24)11-7-15-32-22/h3-12,15,23-24,26-27,36-37H,13-14,16-17H2,1-2H3,(H,33,38)/t23-,24+,26-,27+,31?/m0/s1. The van der Waals surface area contributed by atoms with Gasteiger partial charge in [-0.2, -0.15) is 0 Å². The summed E-state index contributed by atoms with van der Waals surface area (Å²) in [6, 6.07) is 16.1. The lowest BCUT2D eigenvalue weighted by Crippen LogP contribution is -2.74. The Hall–Kier alpha value is -3.89. The molecule has 0 bridgehead atoms. The van der Waals surface area contributed by atoms with Gasteiger partial charge >= 0.3 is 0 Å². The van der Waals surface area contributed by atoms with Crippen LogP contribution in [-0.4, -0.2) is 71.7 Å². The summed E-state index contributed by atoms with van der Waals surface area (Å²) in [5, 5.41) is 24.3. The number of pyridine rings is 1. The fourth-order valence-electron chi connectivity index (χ4n) is 6.37. The van der Waals surface area contributed by atoms with Crippen LogP contribution in [-0.2, 0) is 22.4 Å². The molecule has 212 valence electrons. The van der Waals surface area contributed by atoms with Crippen molar-refractivity contribution < 1.29 is 24.6 Å². The monoisotopic (exact) mass is 572 g/mol. The van der Waals surface area contributed by atoms with E-state index in [0.29, 0.717) is 5.56 Å². The number of carbonyl (C=O) groups is 3. The molecule has 2 fully saturated rings. The van der Waals surface area contributed by atoms with Crippen LogP contribution in [0.3, 0.4) is 0 Å². The number of hydrogen-bond donors (Lipinski definition) is 3. The number of phenolic OH excluding ortho intramolecular Hbond substituents is 1. The molecule has 6 rings (SSSR count). The first-order valence-corrected chi connectivity index (χ1v) is 14.7. The maximum Gasteiger partial charge on any atom is 0.255 e. The number of aliphatic hydroxyl groups is 1. The first-order valence-electron chi connectivity index (χ1n) is 13.7. The summed E-state index contributed by atoms with van der Waals surface area (Å²) in [4.78, 5) is 47.9. The molecule has 3 heterocycles. The SMILES string of the molecule is Cc1c(O)cccc1C(=O)N[C@@H](Cc1ccccc1)[C@H](O)C(=O)N1CSC2(C)[C@H]1C(=O)N2[C@@H]1CCc2ncccc21. The van der Waals surface area contributed by atoms with Gasteiger partial charge in [0.2, 0.25) is 5.91 Å². The number of thioether (sulfide) groups is 1. The highest BCUT2D eigenvalue weighted by atomic mass is 32.2. The van der Waals surface area contributed by atoms with E-state index < -0.39 is 34.9 Å². The Kier molecular flexibility index (Phi) is 6.99. The molecule has 0 saturated carbocycles. The Morgan fingerprint density at radius 1 is 1.15 bits per heavy atom. The highest BCUT2D eigenvalue weighted by Crippen LogP contribution is 2.56. The predicted molar refractivity (Wildman–Crippen MR) is 154 cm³/mol. The van der Waals surface area contributed by atoms with Gasteiger partial charge in [0.1, 0.15) is 16.7 Å². The van der Waals surface area contributed by atoms with E-state index in [0.717, 1.165) is 29.7 Å². The molecule has 3 N–H and O–H groups in total. The zero-order valence-electron chi connectivity index (χ0n) is 22.9. The Balaban J connectivity index is 1.23. The van der Waals surface area contributed by atoms with Crippen LogP contribution in [0.25, 0.3) is 0 Å². The maximum atomic E-state index is 13.8. The molecule has 1 aromatic heterocycles. The molecular formula is C31H32N4O5S. The van der Waals surface area contributed by atoms with Crippen molar-refractivity contribution in [3.8, 4) is 5.75 Å². The number of aromatic nitrogens is 1. The number of nitrogens with one attached hydrogen (secondary N) is 1. The number of hydrogen-bond acceptors (Lipinski definition) is 7. The van der Waals surface area contributed by atoms with Gasteiger partial charge in [-0.25, -0.2) is 0 Å². The number of benzene rings is 2. The van der Waals surface area contributed by atoms with E-state index >= 15 is 0 Å². The van der Waals surface area contributed by atoms with Gasteiger partial charge in [-0.05, 0) is 62.4 Å². The van der Waals surface area contributed by atoms with Crippen LogP contribution in [0, 0.1) is 6.92 Å². The molecule has 2 aromatic carbocycles. The van der Waals surface area contributed by atoms with E-state index in [9.17, 15) is 24.6 Å².